The number of aromatic amines is 1. The van der Waals surface area contributed by atoms with Gasteiger partial charge in [-0.05, 0) is 54.6 Å². The summed E-state index contributed by atoms with van der Waals surface area (Å²) in [5, 5.41) is 4.31. The molecule has 0 saturated carbocycles. The highest BCUT2D eigenvalue weighted by Crippen LogP contribution is 2.36. The Hall–Kier alpha value is -3.17. The Morgan fingerprint density at radius 3 is 2.79 bits per heavy atom. The number of benzene rings is 1. The van der Waals surface area contributed by atoms with Gasteiger partial charge < -0.3 is 14.5 Å². The average Bonchev–Trinajstić information content (AvgIpc) is 3.39. The van der Waals surface area contributed by atoms with Crippen LogP contribution in [0, 0.1) is 0 Å². The number of pyridine rings is 1. The number of aromatic nitrogens is 5. The number of methoxy groups -OCH3 is 1. The summed E-state index contributed by atoms with van der Waals surface area (Å²) in [6.07, 6.45) is 5.59. The van der Waals surface area contributed by atoms with Gasteiger partial charge in [0, 0.05) is 18.3 Å². The first-order valence-electron chi connectivity index (χ1n) is 12.0. The van der Waals surface area contributed by atoms with Crippen LogP contribution in [0.25, 0.3) is 27.8 Å². The Balaban J connectivity index is 1.47. The quantitative estimate of drug-likeness (QED) is 0.490. The van der Waals surface area contributed by atoms with Crippen LogP contribution in [0.1, 0.15) is 44.2 Å². The molecule has 1 atom stereocenters. The fraction of sp³-hybridized carbons (Fsp3) is 0.480. The first-order valence-corrected chi connectivity index (χ1v) is 12.0. The maximum Gasteiger partial charge on any atom is 0.326 e. The Labute approximate surface area is 197 Å². The maximum absolute atomic E-state index is 13.2. The van der Waals surface area contributed by atoms with Gasteiger partial charge in [-0.2, -0.15) is 5.10 Å². The molecule has 2 aliphatic rings. The second-order valence-corrected chi connectivity index (χ2v) is 9.72. The zero-order chi connectivity index (χ0) is 23.4. The number of likely N-dealkylation sites (tertiary alicyclic amines) is 1. The summed E-state index contributed by atoms with van der Waals surface area (Å²) in [6, 6.07) is 6.93. The summed E-state index contributed by atoms with van der Waals surface area (Å²) in [4.78, 5) is 23.1. The molecule has 6 rings (SSSR count). The molecule has 4 aromatic rings. The van der Waals surface area contributed by atoms with Crippen LogP contribution in [-0.4, -0.2) is 68.5 Å². The van der Waals surface area contributed by atoms with E-state index in [0.29, 0.717) is 17.4 Å². The Kier molecular flexibility index (Phi) is 5.18. The third kappa shape index (κ3) is 3.42. The second kappa shape index (κ2) is 8.25. The van der Waals surface area contributed by atoms with Crippen molar-refractivity contribution in [2.24, 2.45) is 0 Å². The van der Waals surface area contributed by atoms with Crippen LogP contribution in [0.5, 0.6) is 5.75 Å². The largest absolute Gasteiger partial charge is 0.493 e. The third-order valence-corrected chi connectivity index (χ3v) is 7.31. The lowest BCUT2D eigenvalue weighted by Gasteiger charge is -2.42. The van der Waals surface area contributed by atoms with Crippen LogP contribution in [0.15, 0.2) is 35.5 Å². The van der Waals surface area contributed by atoms with Crippen molar-refractivity contribution in [2.75, 3.05) is 33.4 Å². The van der Waals surface area contributed by atoms with E-state index in [4.69, 9.17) is 9.47 Å². The molecule has 3 aromatic heterocycles. The topological polar surface area (TPSA) is 89.7 Å². The summed E-state index contributed by atoms with van der Waals surface area (Å²) in [5.74, 6) is 0.934. The van der Waals surface area contributed by atoms with E-state index >= 15 is 0 Å². The van der Waals surface area contributed by atoms with E-state index in [1.807, 2.05) is 16.8 Å². The smallest absolute Gasteiger partial charge is 0.326 e. The number of hydrogen-bond donors (Lipinski definition) is 1. The number of imidazole rings is 1. The van der Waals surface area contributed by atoms with Crippen molar-refractivity contribution in [1.82, 2.24) is 29.0 Å². The number of H-pyrrole nitrogens is 1. The third-order valence-electron chi connectivity index (χ3n) is 7.31. The van der Waals surface area contributed by atoms with E-state index in [1.54, 1.807) is 11.6 Å². The van der Waals surface area contributed by atoms with Crippen molar-refractivity contribution in [1.29, 1.82) is 0 Å². The lowest BCUT2D eigenvalue weighted by atomic mass is 9.92. The average molecular weight is 463 g/mol. The molecule has 2 aliphatic heterocycles. The van der Waals surface area contributed by atoms with Gasteiger partial charge in [0.2, 0.25) is 0 Å². The molecule has 34 heavy (non-hydrogen) atoms. The number of nitrogens with one attached hydrogen (secondary N) is 1. The molecular formula is C25H30N6O3. The molecule has 178 valence electrons. The van der Waals surface area contributed by atoms with Gasteiger partial charge in [0.25, 0.3) is 0 Å². The lowest BCUT2D eigenvalue weighted by molar-refractivity contribution is -0.0751. The summed E-state index contributed by atoms with van der Waals surface area (Å²) < 4.78 is 14.7. The van der Waals surface area contributed by atoms with Gasteiger partial charge >= 0.3 is 5.69 Å². The van der Waals surface area contributed by atoms with Gasteiger partial charge in [-0.15, -0.1) is 0 Å². The van der Waals surface area contributed by atoms with E-state index in [1.165, 1.54) is 11.9 Å². The molecule has 1 unspecified atom stereocenters. The highest BCUT2D eigenvalue weighted by atomic mass is 16.5. The molecule has 0 spiro atoms. The minimum absolute atomic E-state index is 0.0390. The van der Waals surface area contributed by atoms with Gasteiger partial charge in [-0.25, -0.2) is 14.3 Å². The SMILES string of the molecule is COc1cc(-c2cc3[nH]c(=O)n(C4CCCN(C5COC5)C4)c3cc2C(C)C)cn2ncnc12. The molecule has 0 amide bonds. The Morgan fingerprint density at radius 1 is 1.21 bits per heavy atom. The van der Waals surface area contributed by atoms with Crippen LogP contribution in [-0.2, 0) is 4.74 Å². The second-order valence-electron chi connectivity index (χ2n) is 9.72. The fourth-order valence-corrected chi connectivity index (χ4v) is 5.43. The van der Waals surface area contributed by atoms with Crippen LogP contribution in [0.2, 0.25) is 0 Å². The summed E-state index contributed by atoms with van der Waals surface area (Å²) >= 11 is 0. The highest BCUT2D eigenvalue weighted by Gasteiger charge is 2.32. The van der Waals surface area contributed by atoms with Gasteiger partial charge in [-0.1, -0.05) is 13.8 Å². The Morgan fingerprint density at radius 2 is 2.06 bits per heavy atom. The molecule has 1 N–H and O–H groups in total. The van der Waals surface area contributed by atoms with Gasteiger partial charge in [0.15, 0.2) is 11.4 Å². The summed E-state index contributed by atoms with van der Waals surface area (Å²) in [6.45, 7) is 7.94. The first-order chi connectivity index (χ1) is 16.5. The number of rotatable bonds is 5. The van der Waals surface area contributed by atoms with Crippen molar-refractivity contribution in [3.63, 3.8) is 0 Å². The minimum Gasteiger partial charge on any atom is -0.493 e. The molecule has 9 heteroatoms. The van der Waals surface area contributed by atoms with E-state index in [2.05, 4.69) is 45.9 Å². The predicted octanol–water partition coefficient (Wildman–Crippen LogP) is 3.21. The van der Waals surface area contributed by atoms with E-state index in [-0.39, 0.29) is 17.6 Å². The monoisotopic (exact) mass is 462 g/mol. The van der Waals surface area contributed by atoms with Gasteiger partial charge in [0.05, 0.1) is 43.4 Å². The highest BCUT2D eigenvalue weighted by molar-refractivity contribution is 5.85. The van der Waals surface area contributed by atoms with Crippen molar-refractivity contribution in [3.8, 4) is 16.9 Å². The van der Waals surface area contributed by atoms with Crippen molar-refractivity contribution in [3.05, 3.63) is 46.8 Å². The zero-order valence-electron chi connectivity index (χ0n) is 19.8. The number of ether oxygens (including phenoxy) is 2. The van der Waals surface area contributed by atoms with Crippen molar-refractivity contribution in [2.45, 2.75) is 44.7 Å². The van der Waals surface area contributed by atoms with Crippen LogP contribution in [0.4, 0.5) is 0 Å². The standard InChI is InChI=1S/C25H30N6O3/c1-15(2)19-9-22-21(8-20(19)16-7-23(33-3)24-26-14-27-30(24)10-16)28-25(32)31(22)17-5-4-6-29(11-17)18-12-34-13-18/h7-10,14-15,17-18H,4-6,11-13H2,1-3H3,(H,28,32). The van der Waals surface area contributed by atoms with E-state index in [9.17, 15) is 4.79 Å². The molecule has 9 nitrogen and oxygen atoms in total. The normalized spacial score (nSPS) is 19.8. The Bertz CT molecular complexity index is 1410. The fourth-order valence-electron chi connectivity index (χ4n) is 5.43. The molecule has 0 radical (unpaired) electrons. The van der Waals surface area contributed by atoms with Crippen LogP contribution in [0.3, 0.4) is 0 Å². The number of piperidine rings is 1. The molecule has 1 aromatic carbocycles. The van der Waals surface area contributed by atoms with Crippen LogP contribution >= 0.6 is 0 Å². The molecular weight excluding hydrogens is 432 g/mol. The minimum atomic E-state index is -0.0390. The number of fused-ring (bicyclic) bond motifs is 2. The van der Waals surface area contributed by atoms with Crippen LogP contribution < -0.4 is 10.4 Å². The van der Waals surface area contributed by atoms with E-state index in [0.717, 1.165) is 61.3 Å². The van der Waals surface area contributed by atoms with Gasteiger partial charge in [-0.3, -0.25) is 9.47 Å². The van der Waals surface area contributed by atoms with Gasteiger partial charge in [0.1, 0.15) is 6.33 Å². The molecule has 2 saturated heterocycles. The predicted molar refractivity (Wildman–Crippen MR) is 130 cm³/mol. The lowest BCUT2D eigenvalue weighted by Crippen LogP contribution is -2.53. The molecule has 0 aliphatic carbocycles. The summed E-state index contributed by atoms with van der Waals surface area (Å²) in [7, 11) is 1.64. The maximum atomic E-state index is 13.2. The van der Waals surface area contributed by atoms with Crippen molar-refractivity contribution < 1.29 is 9.47 Å². The van der Waals surface area contributed by atoms with E-state index < -0.39 is 0 Å². The van der Waals surface area contributed by atoms with Crippen molar-refractivity contribution >= 4 is 16.7 Å². The number of nitrogens with zero attached hydrogens (tertiary/aromatic N) is 5. The molecule has 2 fully saturated rings. The summed E-state index contributed by atoms with van der Waals surface area (Å²) in [5.41, 5.74) is 5.68. The molecule has 5 heterocycles. The first kappa shape index (κ1) is 21.4. The zero-order valence-corrected chi connectivity index (χ0v) is 19.8. The number of hydrogen-bond acceptors (Lipinski definition) is 6. The molecule has 0 bridgehead atoms.